The summed E-state index contributed by atoms with van der Waals surface area (Å²) in [7, 11) is 0. The number of para-hydroxylation sites is 4. The van der Waals surface area contributed by atoms with Crippen LogP contribution in [-0.2, 0) is 0 Å². The molecule has 5 nitrogen and oxygen atoms in total. The summed E-state index contributed by atoms with van der Waals surface area (Å²) < 4.78 is 2.42. The van der Waals surface area contributed by atoms with E-state index in [9.17, 15) is 0 Å². The zero-order valence-corrected chi connectivity index (χ0v) is 41.4. The third-order valence-electron chi connectivity index (χ3n) is 13.9. The topological polar surface area (TPSA) is 37.2 Å². The van der Waals surface area contributed by atoms with Crippen LogP contribution in [0.25, 0.3) is 72.5 Å². The molecular weight excluding hydrogens is 887 g/mol. The third kappa shape index (κ3) is 8.72. The molecule has 350 valence electrons. The molecule has 12 aromatic rings. The van der Waals surface area contributed by atoms with Crippen LogP contribution in [0.15, 0.2) is 249 Å². The van der Waals surface area contributed by atoms with E-state index in [1.54, 1.807) is 0 Å². The molecule has 10 aromatic carbocycles. The number of hydrogen-bond acceptors (Lipinski definition) is 4. The predicted molar refractivity (Wildman–Crippen MR) is 306 cm³/mol. The Bertz CT molecular complexity index is 3660. The summed E-state index contributed by atoms with van der Waals surface area (Å²) in [6.45, 7) is 8.64. The van der Waals surface area contributed by atoms with E-state index in [1.165, 1.54) is 33.0 Å². The molecule has 0 atom stereocenters. The van der Waals surface area contributed by atoms with Gasteiger partial charge in [0, 0.05) is 67.3 Å². The van der Waals surface area contributed by atoms with Crippen molar-refractivity contribution < 1.29 is 0 Å². The molecule has 5 heteroatoms. The Hall–Kier alpha value is -9.32. The van der Waals surface area contributed by atoms with Crippen LogP contribution < -0.4 is 9.80 Å². The molecule has 0 saturated carbocycles. The van der Waals surface area contributed by atoms with Crippen LogP contribution in [0.5, 0.6) is 0 Å². The quantitative estimate of drug-likeness (QED) is 0.129. The third-order valence-corrected chi connectivity index (χ3v) is 13.9. The number of aryl methyl sites for hydroxylation is 4. The van der Waals surface area contributed by atoms with Gasteiger partial charge in [0.1, 0.15) is 0 Å². The molecule has 2 heterocycles. The van der Waals surface area contributed by atoms with Gasteiger partial charge in [-0.05, 0) is 171 Å². The highest BCUT2D eigenvalue weighted by Gasteiger charge is 2.21. The van der Waals surface area contributed by atoms with Crippen LogP contribution in [0.3, 0.4) is 0 Å². The first-order chi connectivity index (χ1) is 35.8. The van der Waals surface area contributed by atoms with Gasteiger partial charge in [0.25, 0.3) is 0 Å². The van der Waals surface area contributed by atoms with Crippen LogP contribution in [0.1, 0.15) is 22.3 Å². The van der Waals surface area contributed by atoms with Gasteiger partial charge in [-0.3, -0.25) is 0 Å². The largest absolute Gasteiger partial charge is 0.310 e. The van der Waals surface area contributed by atoms with E-state index in [-0.39, 0.29) is 0 Å². The number of rotatable bonds is 11. The van der Waals surface area contributed by atoms with Gasteiger partial charge in [-0.15, -0.1) is 0 Å². The van der Waals surface area contributed by atoms with Gasteiger partial charge in [0.15, 0.2) is 5.82 Å². The predicted octanol–water partition coefficient (Wildman–Crippen LogP) is 18.4. The number of benzene rings is 10. The Kier molecular flexibility index (Phi) is 11.7. The molecule has 0 aliphatic rings. The second-order valence-electron chi connectivity index (χ2n) is 19.0. The molecule has 12 rings (SSSR count). The molecule has 2 aromatic heterocycles. The monoisotopic (exact) mass is 939 g/mol. The SMILES string of the molecule is Cc1cccc(-c2cc(-c3cc(C)c(-c4ccc(-n5c6ccc(N(c7ccccc7)c7ccccc7)cc6c6cc(N(c7ccccc7)c7ccccc7)ccc65)cc4)cc3C)nc(-c3cccc(C)c3)n2)c1. The molecule has 0 aliphatic heterocycles. The van der Waals surface area contributed by atoms with E-state index in [0.29, 0.717) is 0 Å². The normalized spacial score (nSPS) is 11.3. The molecule has 0 N–H and O–H groups in total. The minimum absolute atomic E-state index is 0.723. The molecule has 0 aliphatic carbocycles. The Labute approximate surface area is 427 Å². The highest BCUT2D eigenvalue weighted by molar-refractivity contribution is 6.12. The van der Waals surface area contributed by atoms with Crippen LogP contribution in [0, 0.1) is 27.7 Å². The Balaban J connectivity index is 0.973. The van der Waals surface area contributed by atoms with Crippen molar-refractivity contribution in [3.05, 3.63) is 271 Å². The van der Waals surface area contributed by atoms with Crippen molar-refractivity contribution in [1.82, 2.24) is 14.5 Å². The molecule has 0 unspecified atom stereocenters. The average Bonchev–Trinajstić information content (AvgIpc) is 3.76. The molecular formula is C68H53N5. The maximum atomic E-state index is 5.23. The Morgan fingerprint density at radius 1 is 0.315 bits per heavy atom. The lowest BCUT2D eigenvalue weighted by molar-refractivity contribution is 1.17. The molecule has 0 amide bonds. The summed E-state index contributed by atoms with van der Waals surface area (Å²) in [6.07, 6.45) is 0. The van der Waals surface area contributed by atoms with E-state index < -0.39 is 0 Å². The number of hydrogen-bond donors (Lipinski definition) is 0. The molecule has 0 saturated heterocycles. The lowest BCUT2D eigenvalue weighted by Gasteiger charge is -2.26. The van der Waals surface area contributed by atoms with Gasteiger partial charge in [0.05, 0.1) is 22.4 Å². The van der Waals surface area contributed by atoms with E-state index in [4.69, 9.17) is 9.97 Å². The maximum absolute atomic E-state index is 5.23. The van der Waals surface area contributed by atoms with Crippen molar-refractivity contribution in [3.8, 4) is 50.7 Å². The van der Waals surface area contributed by atoms with Crippen molar-refractivity contribution in [2.24, 2.45) is 0 Å². The Morgan fingerprint density at radius 2 is 0.753 bits per heavy atom. The van der Waals surface area contributed by atoms with Crippen LogP contribution >= 0.6 is 0 Å². The van der Waals surface area contributed by atoms with Gasteiger partial charge >= 0.3 is 0 Å². The van der Waals surface area contributed by atoms with Crippen LogP contribution in [0.2, 0.25) is 0 Å². The summed E-state index contributed by atoms with van der Waals surface area (Å²) in [4.78, 5) is 15.0. The first-order valence-electron chi connectivity index (χ1n) is 25.0. The maximum Gasteiger partial charge on any atom is 0.160 e. The second-order valence-corrected chi connectivity index (χ2v) is 19.0. The lowest BCUT2D eigenvalue weighted by atomic mass is 9.93. The highest BCUT2D eigenvalue weighted by Crippen LogP contribution is 2.43. The molecule has 0 fully saturated rings. The number of aromatic nitrogens is 3. The van der Waals surface area contributed by atoms with Crippen molar-refractivity contribution >= 4 is 55.9 Å². The summed E-state index contributed by atoms with van der Waals surface area (Å²) in [5, 5.41) is 2.33. The fourth-order valence-electron chi connectivity index (χ4n) is 10.4. The van der Waals surface area contributed by atoms with E-state index in [2.05, 4.69) is 291 Å². The van der Waals surface area contributed by atoms with E-state index in [0.717, 1.165) is 95.9 Å². The highest BCUT2D eigenvalue weighted by atomic mass is 15.1. The molecule has 0 spiro atoms. The fraction of sp³-hybridized carbons (Fsp3) is 0.0588. The first kappa shape index (κ1) is 44.9. The van der Waals surface area contributed by atoms with Crippen molar-refractivity contribution in [2.75, 3.05) is 9.80 Å². The van der Waals surface area contributed by atoms with Gasteiger partial charge in [-0.25, -0.2) is 9.97 Å². The standard InChI is InChI=1S/C68H53N5/c1-46-19-17-21-51(39-46)64-45-65(70-68(69-64)52-22-18-20-47(2)40-52)61-42-48(3)60(41-49(61)4)50-31-33-57(34-32-50)73-66-37-35-58(71(53-23-9-5-10-24-53)54-25-11-6-12-26-54)43-62(66)63-44-59(36-38-67(63)73)72(55-27-13-7-14-28-55)56-29-15-8-16-30-56/h5-45H,1-4H3. The van der Waals surface area contributed by atoms with Gasteiger partial charge in [0.2, 0.25) is 0 Å². The molecule has 0 bridgehead atoms. The molecule has 0 radical (unpaired) electrons. The summed E-state index contributed by atoms with van der Waals surface area (Å²) >= 11 is 0. The Morgan fingerprint density at radius 3 is 1.25 bits per heavy atom. The van der Waals surface area contributed by atoms with E-state index >= 15 is 0 Å². The van der Waals surface area contributed by atoms with Gasteiger partial charge in [-0.2, -0.15) is 0 Å². The average molecular weight is 940 g/mol. The number of fused-ring (bicyclic) bond motifs is 3. The van der Waals surface area contributed by atoms with Gasteiger partial charge in [-0.1, -0.05) is 139 Å². The summed E-state index contributed by atoms with van der Waals surface area (Å²) in [5.41, 5.74) is 22.0. The molecule has 73 heavy (non-hydrogen) atoms. The fourth-order valence-corrected chi connectivity index (χ4v) is 10.4. The number of nitrogens with zero attached hydrogens (tertiary/aromatic N) is 5. The minimum atomic E-state index is 0.723. The summed E-state index contributed by atoms with van der Waals surface area (Å²) in [5.74, 6) is 0.723. The van der Waals surface area contributed by atoms with Crippen LogP contribution in [0.4, 0.5) is 34.1 Å². The van der Waals surface area contributed by atoms with Crippen molar-refractivity contribution in [3.63, 3.8) is 0 Å². The zero-order valence-electron chi connectivity index (χ0n) is 41.4. The smallest absolute Gasteiger partial charge is 0.160 e. The van der Waals surface area contributed by atoms with Crippen molar-refractivity contribution in [2.45, 2.75) is 27.7 Å². The zero-order chi connectivity index (χ0) is 49.4. The second kappa shape index (κ2) is 19.1. The van der Waals surface area contributed by atoms with Crippen LogP contribution in [-0.4, -0.2) is 14.5 Å². The lowest BCUT2D eigenvalue weighted by Crippen LogP contribution is -2.09. The minimum Gasteiger partial charge on any atom is -0.310 e. The van der Waals surface area contributed by atoms with E-state index in [1.807, 2.05) is 0 Å². The van der Waals surface area contributed by atoms with Crippen molar-refractivity contribution in [1.29, 1.82) is 0 Å². The van der Waals surface area contributed by atoms with Gasteiger partial charge < -0.3 is 14.4 Å². The first-order valence-corrected chi connectivity index (χ1v) is 25.0. The number of anilines is 6. The summed E-state index contributed by atoms with van der Waals surface area (Å²) in [6, 6.07) is 89.2.